The lowest BCUT2D eigenvalue weighted by molar-refractivity contribution is 0.728. The molecule has 8 heteroatoms. The molecule has 2 rings (SSSR count). The number of aliphatic imine (C=N–C) groups is 1. The summed E-state index contributed by atoms with van der Waals surface area (Å²) in [4.78, 5) is 5.51. The Balaban J connectivity index is 0.00000242. The molecule has 0 fully saturated rings. The van der Waals surface area contributed by atoms with Crippen LogP contribution in [0.15, 0.2) is 20.9 Å². The minimum atomic E-state index is 0. The fourth-order valence-electron chi connectivity index (χ4n) is 2.08. The summed E-state index contributed by atoms with van der Waals surface area (Å²) in [6, 6.07) is 2.11. The van der Waals surface area contributed by atoms with E-state index in [1.54, 1.807) is 18.4 Å². The van der Waals surface area contributed by atoms with Gasteiger partial charge in [-0.25, -0.2) is 0 Å². The van der Waals surface area contributed by atoms with Gasteiger partial charge in [-0.3, -0.25) is 9.67 Å². The van der Waals surface area contributed by atoms with Crippen LogP contribution in [0.4, 0.5) is 0 Å². The molecule has 122 valence electrons. The van der Waals surface area contributed by atoms with E-state index in [2.05, 4.69) is 55.0 Å². The zero-order chi connectivity index (χ0) is 15.4. The van der Waals surface area contributed by atoms with Gasteiger partial charge in [0.1, 0.15) is 0 Å². The minimum Gasteiger partial charge on any atom is -0.352 e. The molecule has 2 heterocycles. The molecule has 22 heavy (non-hydrogen) atoms. The Hall–Kier alpha value is -0.610. The molecule has 2 aromatic rings. The highest BCUT2D eigenvalue weighted by Crippen LogP contribution is 2.19. The summed E-state index contributed by atoms with van der Waals surface area (Å²) in [6.07, 6.45) is 0. The monoisotopic (exact) mass is 497 g/mol. The van der Waals surface area contributed by atoms with Crippen molar-refractivity contribution in [3.05, 3.63) is 37.7 Å². The lowest BCUT2D eigenvalue weighted by atomic mass is 10.2. The molecule has 2 N–H and O–H groups in total. The van der Waals surface area contributed by atoms with E-state index < -0.39 is 0 Å². The summed E-state index contributed by atoms with van der Waals surface area (Å²) in [7, 11) is 3.75. The van der Waals surface area contributed by atoms with Crippen LogP contribution >= 0.6 is 51.2 Å². The first kappa shape index (κ1) is 19.4. The van der Waals surface area contributed by atoms with Gasteiger partial charge >= 0.3 is 0 Å². The van der Waals surface area contributed by atoms with Crippen molar-refractivity contribution < 1.29 is 0 Å². The van der Waals surface area contributed by atoms with E-state index >= 15 is 0 Å². The van der Waals surface area contributed by atoms with Crippen LogP contribution < -0.4 is 10.6 Å². The molecular formula is C14H21BrIN5S. The third-order valence-electron chi connectivity index (χ3n) is 3.37. The Kier molecular flexibility index (Phi) is 7.84. The highest BCUT2D eigenvalue weighted by molar-refractivity contribution is 14.0. The number of thiophene rings is 1. The van der Waals surface area contributed by atoms with Gasteiger partial charge in [0, 0.05) is 46.6 Å². The highest BCUT2D eigenvalue weighted by Gasteiger charge is 2.09. The van der Waals surface area contributed by atoms with Crippen molar-refractivity contribution in [2.75, 3.05) is 7.05 Å². The Labute approximate surface area is 160 Å². The lowest BCUT2D eigenvalue weighted by Crippen LogP contribution is -2.36. The topological polar surface area (TPSA) is 54.2 Å². The van der Waals surface area contributed by atoms with Crippen molar-refractivity contribution >= 4 is 57.2 Å². The Morgan fingerprint density at radius 3 is 2.55 bits per heavy atom. The second kappa shape index (κ2) is 8.88. The first-order chi connectivity index (χ1) is 10.0. The first-order valence-corrected chi connectivity index (χ1v) is 8.35. The van der Waals surface area contributed by atoms with Gasteiger partial charge in [-0.2, -0.15) is 5.10 Å². The fourth-order valence-corrected chi connectivity index (χ4v) is 3.47. The number of guanidine groups is 1. The Bertz CT molecular complexity index is 650. The fraction of sp³-hybridized carbons (Fsp3) is 0.429. The maximum absolute atomic E-state index is 4.42. The predicted molar refractivity (Wildman–Crippen MR) is 107 cm³/mol. The van der Waals surface area contributed by atoms with E-state index in [1.165, 1.54) is 16.1 Å². The summed E-state index contributed by atoms with van der Waals surface area (Å²) < 4.78 is 3.03. The normalized spacial score (nSPS) is 11.2. The molecule has 0 aromatic carbocycles. The highest BCUT2D eigenvalue weighted by atomic mass is 127. The van der Waals surface area contributed by atoms with E-state index in [4.69, 9.17) is 0 Å². The number of hydrogen-bond donors (Lipinski definition) is 2. The maximum atomic E-state index is 4.42. The predicted octanol–water partition coefficient (Wildman–Crippen LogP) is 3.34. The number of rotatable bonds is 4. The molecule has 0 bridgehead atoms. The van der Waals surface area contributed by atoms with Crippen LogP contribution in [0, 0.1) is 13.8 Å². The third kappa shape index (κ3) is 4.95. The summed E-state index contributed by atoms with van der Waals surface area (Å²) in [6.45, 7) is 5.60. The third-order valence-corrected chi connectivity index (χ3v) is 5.06. The Morgan fingerprint density at radius 1 is 1.36 bits per heavy atom. The maximum Gasteiger partial charge on any atom is 0.191 e. The molecule has 0 saturated heterocycles. The summed E-state index contributed by atoms with van der Waals surface area (Å²) in [5.41, 5.74) is 3.46. The van der Waals surface area contributed by atoms with Gasteiger partial charge in [-0.1, -0.05) is 0 Å². The Morgan fingerprint density at radius 2 is 2.05 bits per heavy atom. The standard InChI is InChI=1S/C14H20BrN5S.HI/c1-9-13(10(2)20(4)19-9)7-18-14(16-3)17-6-12-5-11(15)8-21-12;/h5,8H,6-7H2,1-4H3,(H2,16,17,18);1H. The van der Waals surface area contributed by atoms with Gasteiger partial charge < -0.3 is 10.6 Å². The zero-order valence-corrected chi connectivity index (χ0v) is 17.8. The average Bonchev–Trinajstić information content (AvgIpc) is 2.96. The smallest absolute Gasteiger partial charge is 0.191 e. The van der Waals surface area contributed by atoms with Crippen LogP contribution in [0.5, 0.6) is 0 Å². The van der Waals surface area contributed by atoms with E-state index in [9.17, 15) is 0 Å². The van der Waals surface area contributed by atoms with Gasteiger partial charge in [0.05, 0.1) is 12.2 Å². The average molecular weight is 498 g/mol. The largest absolute Gasteiger partial charge is 0.352 e. The van der Waals surface area contributed by atoms with Crippen LogP contribution in [0.25, 0.3) is 0 Å². The van der Waals surface area contributed by atoms with Gasteiger partial charge in [-0.15, -0.1) is 35.3 Å². The number of halogens is 2. The molecule has 0 saturated carbocycles. The van der Waals surface area contributed by atoms with Crippen molar-refractivity contribution in [3.63, 3.8) is 0 Å². The molecule has 0 atom stereocenters. The molecule has 0 aliphatic carbocycles. The van der Waals surface area contributed by atoms with Crippen LogP contribution in [0.3, 0.4) is 0 Å². The molecule has 2 aromatic heterocycles. The molecule has 0 aliphatic rings. The SMILES string of the molecule is CN=C(NCc1cc(Br)cs1)NCc1c(C)nn(C)c1C.I. The van der Waals surface area contributed by atoms with E-state index in [-0.39, 0.29) is 24.0 Å². The van der Waals surface area contributed by atoms with Crippen molar-refractivity contribution in [2.45, 2.75) is 26.9 Å². The molecule has 0 aliphatic heterocycles. The van der Waals surface area contributed by atoms with Crippen molar-refractivity contribution in [1.29, 1.82) is 0 Å². The van der Waals surface area contributed by atoms with E-state index in [0.717, 1.165) is 29.2 Å². The van der Waals surface area contributed by atoms with Crippen LogP contribution in [0.2, 0.25) is 0 Å². The molecule has 0 radical (unpaired) electrons. The number of aromatic nitrogens is 2. The van der Waals surface area contributed by atoms with E-state index in [0.29, 0.717) is 0 Å². The first-order valence-electron chi connectivity index (χ1n) is 6.67. The van der Waals surface area contributed by atoms with Crippen LogP contribution in [0.1, 0.15) is 21.8 Å². The van der Waals surface area contributed by atoms with E-state index in [1.807, 2.05) is 18.7 Å². The molecule has 0 amide bonds. The minimum absolute atomic E-state index is 0. The summed E-state index contributed by atoms with van der Waals surface area (Å²) in [5, 5.41) is 13.2. The quantitative estimate of drug-likeness (QED) is 0.387. The van der Waals surface area contributed by atoms with Gasteiger partial charge in [-0.05, 0) is 35.8 Å². The lowest BCUT2D eigenvalue weighted by Gasteiger charge is -2.11. The van der Waals surface area contributed by atoms with Crippen molar-refractivity contribution in [2.24, 2.45) is 12.0 Å². The van der Waals surface area contributed by atoms with Gasteiger partial charge in [0.25, 0.3) is 0 Å². The number of nitrogens with one attached hydrogen (secondary N) is 2. The summed E-state index contributed by atoms with van der Waals surface area (Å²) in [5.74, 6) is 0.794. The van der Waals surface area contributed by atoms with Crippen molar-refractivity contribution in [3.8, 4) is 0 Å². The van der Waals surface area contributed by atoms with Gasteiger partial charge in [0.2, 0.25) is 0 Å². The van der Waals surface area contributed by atoms with Gasteiger partial charge in [0.15, 0.2) is 5.96 Å². The number of aryl methyl sites for hydroxylation is 2. The second-order valence-electron chi connectivity index (χ2n) is 4.78. The molecule has 5 nitrogen and oxygen atoms in total. The summed E-state index contributed by atoms with van der Waals surface area (Å²) >= 11 is 5.18. The molecule has 0 unspecified atom stereocenters. The zero-order valence-electron chi connectivity index (χ0n) is 13.1. The molecular weight excluding hydrogens is 477 g/mol. The second-order valence-corrected chi connectivity index (χ2v) is 6.69. The number of hydrogen-bond acceptors (Lipinski definition) is 3. The molecule has 0 spiro atoms. The van der Waals surface area contributed by atoms with Crippen molar-refractivity contribution in [1.82, 2.24) is 20.4 Å². The van der Waals surface area contributed by atoms with Crippen LogP contribution in [-0.4, -0.2) is 22.8 Å². The van der Waals surface area contributed by atoms with Crippen LogP contribution in [-0.2, 0) is 20.1 Å². The number of nitrogens with zero attached hydrogens (tertiary/aromatic N) is 3.